The number of halogens is 2. The third kappa shape index (κ3) is 3.17. The minimum atomic E-state index is -0.432. The smallest absolute Gasteiger partial charge is 0.227 e. The fourth-order valence-corrected chi connectivity index (χ4v) is 1.69. The first-order valence-electron chi connectivity index (χ1n) is 5.09. The molecule has 2 rings (SSSR count). The highest BCUT2D eigenvalue weighted by Gasteiger charge is 2.29. The Bertz CT molecular complexity index is 436. The zero-order valence-corrected chi connectivity index (χ0v) is 10.1. The van der Waals surface area contributed by atoms with E-state index in [1.807, 2.05) is 0 Å². The number of carbonyl (C=O) groups is 1. The van der Waals surface area contributed by atoms with Crippen LogP contribution < -0.4 is 5.32 Å². The number of hydrogen-bond acceptors (Lipinski definition) is 1. The molecule has 4 heteroatoms. The predicted molar refractivity (Wildman–Crippen MR) is 65.8 cm³/mol. The van der Waals surface area contributed by atoms with Crippen LogP contribution in [0.25, 0.3) is 6.08 Å². The molecule has 1 aromatic rings. The number of nitrogens with one attached hydrogen (secondary N) is 1. The first kappa shape index (κ1) is 11.3. The molecule has 1 aliphatic carbocycles. The van der Waals surface area contributed by atoms with E-state index in [1.54, 1.807) is 24.3 Å². The first-order valence-corrected chi connectivity index (χ1v) is 5.88. The second kappa shape index (κ2) is 4.78. The molecule has 0 radical (unpaired) electrons. The molecule has 1 aromatic carbocycles. The predicted octanol–water partition coefficient (Wildman–Crippen LogP) is 3.70. The van der Waals surface area contributed by atoms with Gasteiger partial charge in [0.2, 0.25) is 5.91 Å². The number of amides is 1. The van der Waals surface area contributed by atoms with E-state index >= 15 is 0 Å². The molecule has 0 aliphatic heterocycles. The molecule has 0 heterocycles. The van der Waals surface area contributed by atoms with Crippen molar-refractivity contribution in [3.05, 3.63) is 34.6 Å². The van der Waals surface area contributed by atoms with E-state index in [0.29, 0.717) is 11.3 Å². The van der Waals surface area contributed by atoms with Gasteiger partial charge in [0.25, 0.3) is 0 Å². The van der Waals surface area contributed by atoms with E-state index < -0.39 is 4.74 Å². The summed E-state index contributed by atoms with van der Waals surface area (Å²) < 4.78 is 12.2. The molecule has 0 spiro atoms. The quantitative estimate of drug-likeness (QED) is 0.901. The van der Waals surface area contributed by atoms with Gasteiger partial charge in [-0.1, -0.05) is 12.1 Å². The Balaban J connectivity index is 2.09. The zero-order valence-electron chi connectivity index (χ0n) is 8.54. The third-order valence-electron chi connectivity index (χ3n) is 2.38. The van der Waals surface area contributed by atoms with Gasteiger partial charge in [-0.3, -0.25) is 4.79 Å². The standard InChI is InChI=1S/C12H11BrFNO/c13-11(14)7-8-2-1-3-10(6-8)15-12(16)9-4-5-9/h1-3,6-7,9H,4-5H2,(H,15,16)/b11-7-. The van der Waals surface area contributed by atoms with Crippen molar-refractivity contribution in [1.82, 2.24) is 0 Å². The zero-order chi connectivity index (χ0) is 11.5. The van der Waals surface area contributed by atoms with Crippen molar-refractivity contribution in [2.45, 2.75) is 12.8 Å². The van der Waals surface area contributed by atoms with E-state index in [9.17, 15) is 9.18 Å². The molecule has 0 aromatic heterocycles. The van der Waals surface area contributed by atoms with E-state index in [-0.39, 0.29) is 11.8 Å². The number of carbonyl (C=O) groups excluding carboxylic acids is 1. The van der Waals surface area contributed by atoms with Crippen LogP contribution in [-0.4, -0.2) is 5.91 Å². The van der Waals surface area contributed by atoms with Gasteiger partial charge in [-0.15, -0.1) is 0 Å². The monoisotopic (exact) mass is 283 g/mol. The van der Waals surface area contributed by atoms with Crippen LogP contribution in [0.15, 0.2) is 29.0 Å². The summed E-state index contributed by atoms with van der Waals surface area (Å²) in [6.07, 6.45) is 3.30. The van der Waals surface area contributed by atoms with E-state index in [2.05, 4.69) is 21.2 Å². The normalized spacial score (nSPS) is 16.0. The summed E-state index contributed by atoms with van der Waals surface area (Å²) in [6.45, 7) is 0. The lowest BCUT2D eigenvalue weighted by atomic mass is 10.2. The molecular formula is C12H11BrFNO. The highest BCUT2D eigenvalue weighted by atomic mass is 79.9. The SMILES string of the molecule is O=C(Nc1cccc(/C=C(\F)Br)c1)C1CC1. The van der Waals surface area contributed by atoms with Crippen LogP contribution in [0.4, 0.5) is 10.1 Å². The molecule has 16 heavy (non-hydrogen) atoms. The molecule has 0 unspecified atom stereocenters. The van der Waals surface area contributed by atoms with Crippen LogP contribution in [-0.2, 0) is 4.79 Å². The fraction of sp³-hybridized carbons (Fsp3) is 0.250. The van der Waals surface area contributed by atoms with Crippen LogP contribution in [0.2, 0.25) is 0 Å². The number of rotatable bonds is 3. The number of anilines is 1. The molecule has 1 fully saturated rings. The molecule has 0 saturated heterocycles. The third-order valence-corrected chi connectivity index (χ3v) is 2.61. The summed E-state index contributed by atoms with van der Waals surface area (Å²) >= 11 is 2.73. The lowest BCUT2D eigenvalue weighted by Crippen LogP contribution is -2.13. The van der Waals surface area contributed by atoms with Gasteiger partial charge >= 0.3 is 0 Å². The summed E-state index contributed by atoms with van der Waals surface area (Å²) in [4.78, 5) is 11.5. The van der Waals surface area contributed by atoms with Gasteiger partial charge in [0.05, 0.1) is 0 Å². The van der Waals surface area contributed by atoms with Crippen LogP contribution in [0.1, 0.15) is 18.4 Å². The van der Waals surface area contributed by atoms with Gasteiger partial charge in [-0.25, -0.2) is 0 Å². The van der Waals surface area contributed by atoms with Crippen LogP contribution in [0.3, 0.4) is 0 Å². The minimum Gasteiger partial charge on any atom is -0.326 e. The summed E-state index contributed by atoms with van der Waals surface area (Å²) in [5.41, 5.74) is 1.42. The van der Waals surface area contributed by atoms with Crippen molar-refractivity contribution in [3.63, 3.8) is 0 Å². The summed E-state index contributed by atoms with van der Waals surface area (Å²) in [5, 5.41) is 2.81. The lowest BCUT2D eigenvalue weighted by molar-refractivity contribution is -0.117. The van der Waals surface area contributed by atoms with Crippen molar-refractivity contribution >= 4 is 33.6 Å². The van der Waals surface area contributed by atoms with Gasteiger partial charge in [-0.05, 0) is 52.5 Å². The maximum absolute atomic E-state index is 12.6. The largest absolute Gasteiger partial charge is 0.326 e. The van der Waals surface area contributed by atoms with Gasteiger partial charge < -0.3 is 5.32 Å². The molecule has 84 valence electrons. The van der Waals surface area contributed by atoms with Gasteiger partial charge in [0, 0.05) is 11.6 Å². The maximum atomic E-state index is 12.6. The van der Waals surface area contributed by atoms with E-state index in [0.717, 1.165) is 12.8 Å². The molecule has 1 amide bonds. The van der Waals surface area contributed by atoms with E-state index in [4.69, 9.17) is 0 Å². The Kier molecular flexibility index (Phi) is 3.39. The average molecular weight is 284 g/mol. The fourth-order valence-electron chi connectivity index (χ4n) is 1.42. The second-order valence-corrected chi connectivity index (χ2v) is 4.58. The van der Waals surface area contributed by atoms with Crippen molar-refractivity contribution in [3.8, 4) is 0 Å². The average Bonchev–Trinajstić information content (AvgIpc) is 2.99. The molecule has 1 N–H and O–H groups in total. The summed E-state index contributed by atoms with van der Waals surface area (Å²) in [7, 11) is 0. The van der Waals surface area contributed by atoms with Gasteiger partial charge in [0.1, 0.15) is 0 Å². The summed E-state index contributed by atoms with van der Waals surface area (Å²) in [5.74, 6) is 0.229. The Hall–Kier alpha value is -1.16. The van der Waals surface area contributed by atoms with Crippen molar-refractivity contribution in [1.29, 1.82) is 0 Å². The van der Waals surface area contributed by atoms with Crippen molar-refractivity contribution < 1.29 is 9.18 Å². The first-order chi connectivity index (χ1) is 7.65. The maximum Gasteiger partial charge on any atom is 0.227 e. The molecular weight excluding hydrogens is 273 g/mol. The Labute approximate surface area is 102 Å². The van der Waals surface area contributed by atoms with Crippen molar-refractivity contribution in [2.75, 3.05) is 5.32 Å². The Morgan fingerprint density at radius 2 is 2.25 bits per heavy atom. The second-order valence-electron chi connectivity index (χ2n) is 3.82. The highest BCUT2D eigenvalue weighted by Crippen LogP contribution is 2.30. The van der Waals surface area contributed by atoms with E-state index in [1.165, 1.54) is 6.08 Å². The molecule has 2 nitrogen and oxygen atoms in total. The van der Waals surface area contributed by atoms with Crippen molar-refractivity contribution in [2.24, 2.45) is 5.92 Å². The number of benzene rings is 1. The van der Waals surface area contributed by atoms with Gasteiger partial charge in [0.15, 0.2) is 4.74 Å². The Morgan fingerprint density at radius 1 is 1.50 bits per heavy atom. The topological polar surface area (TPSA) is 29.1 Å². The molecule has 1 saturated carbocycles. The van der Waals surface area contributed by atoms with Crippen LogP contribution >= 0.6 is 15.9 Å². The molecule has 0 atom stereocenters. The highest BCUT2D eigenvalue weighted by molar-refractivity contribution is 9.11. The molecule has 0 bridgehead atoms. The Morgan fingerprint density at radius 3 is 2.88 bits per heavy atom. The van der Waals surface area contributed by atoms with Gasteiger partial charge in [-0.2, -0.15) is 4.39 Å². The number of hydrogen-bond donors (Lipinski definition) is 1. The van der Waals surface area contributed by atoms with Crippen LogP contribution in [0, 0.1) is 5.92 Å². The lowest BCUT2D eigenvalue weighted by Gasteiger charge is -2.04. The van der Waals surface area contributed by atoms with Crippen LogP contribution in [0.5, 0.6) is 0 Å². The summed E-state index contributed by atoms with van der Waals surface area (Å²) in [6, 6.07) is 7.09. The molecule has 1 aliphatic rings. The minimum absolute atomic E-state index is 0.0560.